The monoisotopic (exact) mass is 717 g/mol. The standard InChI is InChI=1S/C13H3Br5F3N3O4/c14-6-7(15)9(17)12(10(18)8(6)16)22-11-4(13(19,20)21)1-3(23(25)26)2-5(11)24(27)28/h1-2,22H. The van der Waals surface area contributed by atoms with Gasteiger partial charge in [-0.05, 0) is 79.6 Å². The van der Waals surface area contributed by atoms with Gasteiger partial charge in [-0.25, -0.2) is 0 Å². The summed E-state index contributed by atoms with van der Waals surface area (Å²) in [5.74, 6) is 0. The molecule has 0 spiro atoms. The van der Waals surface area contributed by atoms with Gasteiger partial charge in [0, 0.05) is 19.5 Å². The SMILES string of the molecule is O=[N+]([O-])c1cc([N+](=O)[O-])c(Nc2c(Br)c(Br)c(Br)c(Br)c2Br)c(C(F)(F)F)c1. The molecular formula is C13H3Br5F3N3O4. The van der Waals surface area contributed by atoms with Crippen LogP contribution in [0.1, 0.15) is 5.56 Å². The van der Waals surface area contributed by atoms with Gasteiger partial charge in [0.25, 0.3) is 11.4 Å². The summed E-state index contributed by atoms with van der Waals surface area (Å²) >= 11 is 16.1. The molecule has 2 aromatic rings. The van der Waals surface area contributed by atoms with Crippen LogP contribution in [0.5, 0.6) is 0 Å². The molecule has 15 heteroatoms. The zero-order chi connectivity index (χ0) is 21.5. The van der Waals surface area contributed by atoms with E-state index in [0.717, 1.165) is 0 Å². The lowest BCUT2D eigenvalue weighted by molar-refractivity contribution is -0.394. The first-order valence-corrected chi connectivity index (χ1v) is 10.6. The molecule has 0 heterocycles. The van der Waals surface area contributed by atoms with E-state index >= 15 is 0 Å². The van der Waals surface area contributed by atoms with E-state index in [9.17, 15) is 33.4 Å². The lowest BCUT2D eigenvalue weighted by atomic mass is 10.1. The van der Waals surface area contributed by atoms with Crippen LogP contribution in [0, 0.1) is 20.2 Å². The Morgan fingerprint density at radius 1 is 0.786 bits per heavy atom. The third-order valence-corrected chi connectivity index (χ3v) is 9.37. The summed E-state index contributed by atoms with van der Waals surface area (Å²) in [6.45, 7) is 0. The highest BCUT2D eigenvalue weighted by Gasteiger charge is 2.40. The number of non-ortho nitro benzene ring substituents is 1. The summed E-state index contributed by atoms with van der Waals surface area (Å²) in [5.41, 5.74) is -4.63. The molecule has 0 atom stereocenters. The predicted octanol–water partition coefficient (Wildman–Crippen LogP) is 8.08. The van der Waals surface area contributed by atoms with E-state index in [2.05, 4.69) is 85.0 Å². The van der Waals surface area contributed by atoms with Crippen molar-refractivity contribution in [3.8, 4) is 0 Å². The number of hydrogen-bond acceptors (Lipinski definition) is 5. The Morgan fingerprint density at radius 2 is 1.25 bits per heavy atom. The first-order chi connectivity index (χ1) is 12.8. The van der Waals surface area contributed by atoms with Crippen molar-refractivity contribution >= 4 is 102 Å². The fourth-order valence-electron chi connectivity index (χ4n) is 2.06. The molecular weight excluding hydrogens is 719 g/mol. The second kappa shape index (κ2) is 8.53. The molecule has 0 aliphatic carbocycles. The largest absolute Gasteiger partial charge is 0.418 e. The smallest absolute Gasteiger partial charge is 0.347 e. The fourth-order valence-corrected chi connectivity index (χ4v) is 5.30. The molecule has 28 heavy (non-hydrogen) atoms. The second-order valence-electron chi connectivity index (χ2n) is 4.97. The summed E-state index contributed by atoms with van der Waals surface area (Å²) < 4.78 is 42.4. The topological polar surface area (TPSA) is 98.3 Å². The van der Waals surface area contributed by atoms with Crippen molar-refractivity contribution < 1.29 is 23.0 Å². The minimum atomic E-state index is -5.10. The summed E-state index contributed by atoms with van der Waals surface area (Å²) in [6, 6.07) is 0.697. The third kappa shape index (κ3) is 4.52. The molecule has 0 unspecified atom stereocenters. The maximum atomic E-state index is 13.5. The second-order valence-corrected chi connectivity index (χ2v) is 8.93. The summed E-state index contributed by atoms with van der Waals surface area (Å²) in [5, 5.41) is 24.7. The number of nitrogens with one attached hydrogen (secondary N) is 1. The number of anilines is 2. The van der Waals surface area contributed by atoms with Crippen molar-refractivity contribution in [2.75, 3.05) is 5.32 Å². The summed E-state index contributed by atoms with van der Waals surface area (Å²) in [6.07, 6.45) is -5.10. The van der Waals surface area contributed by atoms with E-state index in [4.69, 9.17) is 0 Å². The summed E-state index contributed by atoms with van der Waals surface area (Å²) in [4.78, 5) is 20.0. The molecule has 2 rings (SSSR count). The summed E-state index contributed by atoms with van der Waals surface area (Å²) in [7, 11) is 0. The van der Waals surface area contributed by atoms with E-state index < -0.39 is 38.6 Å². The first-order valence-electron chi connectivity index (χ1n) is 6.59. The highest BCUT2D eigenvalue weighted by atomic mass is 79.9. The van der Waals surface area contributed by atoms with Gasteiger partial charge in [-0.1, -0.05) is 0 Å². The quantitative estimate of drug-likeness (QED) is 0.149. The highest BCUT2D eigenvalue weighted by molar-refractivity contribution is 9.15. The number of halogens is 8. The molecule has 0 aliphatic rings. The maximum Gasteiger partial charge on any atom is 0.418 e. The number of hydrogen-bond donors (Lipinski definition) is 1. The third-order valence-electron chi connectivity index (χ3n) is 3.28. The van der Waals surface area contributed by atoms with Crippen molar-refractivity contribution in [2.45, 2.75) is 6.18 Å². The molecule has 0 fully saturated rings. The molecule has 0 aromatic heterocycles. The number of rotatable bonds is 4. The van der Waals surface area contributed by atoms with Crippen LogP contribution in [0.25, 0.3) is 0 Å². The van der Waals surface area contributed by atoms with E-state index in [1.165, 1.54) is 0 Å². The van der Waals surface area contributed by atoms with Crippen molar-refractivity contribution in [2.24, 2.45) is 0 Å². The molecule has 0 saturated heterocycles. The predicted molar refractivity (Wildman–Crippen MR) is 113 cm³/mol. The van der Waals surface area contributed by atoms with Gasteiger partial charge in [0.15, 0.2) is 0 Å². The lowest BCUT2D eigenvalue weighted by Crippen LogP contribution is -2.12. The van der Waals surface area contributed by atoms with Crippen molar-refractivity contribution in [3.63, 3.8) is 0 Å². The van der Waals surface area contributed by atoms with E-state index in [1.54, 1.807) is 0 Å². The number of alkyl halides is 3. The lowest BCUT2D eigenvalue weighted by Gasteiger charge is -2.18. The van der Waals surface area contributed by atoms with Crippen LogP contribution in [0.2, 0.25) is 0 Å². The van der Waals surface area contributed by atoms with E-state index in [1.807, 2.05) is 0 Å². The van der Waals surface area contributed by atoms with Crippen LogP contribution < -0.4 is 5.32 Å². The van der Waals surface area contributed by atoms with Crippen LogP contribution >= 0.6 is 79.6 Å². The van der Waals surface area contributed by atoms with Crippen LogP contribution in [0.3, 0.4) is 0 Å². The molecule has 1 N–H and O–H groups in total. The molecule has 0 amide bonds. The van der Waals surface area contributed by atoms with Gasteiger partial charge in [0.2, 0.25) is 0 Å². The zero-order valence-electron chi connectivity index (χ0n) is 12.7. The Morgan fingerprint density at radius 3 is 1.64 bits per heavy atom. The van der Waals surface area contributed by atoms with Gasteiger partial charge in [-0.3, -0.25) is 20.2 Å². The minimum absolute atomic E-state index is 0.0180. The molecule has 0 radical (unpaired) electrons. The maximum absolute atomic E-state index is 13.5. The first kappa shape index (κ1) is 23.5. The van der Waals surface area contributed by atoms with Crippen molar-refractivity contribution in [1.29, 1.82) is 0 Å². The van der Waals surface area contributed by atoms with Crippen LogP contribution in [-0.2, 0) is 6.18 Å². The van der Waals surface area contributed by atoms with Gasteiger partial charge in [0.05, 0.1) is 36.1 Å². The number of nitro benzene ring substituents is 2. The van der Waals surface area contributed by atoms with E-state index in [-0.39, 0.29) is 20.7 Å². The molecule has 0 saturated carbocycles. The molecule has 150 valence electrons. The van der Waals surface area contributed by atoms with Crippen molar-refractivity contribution in [3.05, 3.63) is 60.3 Å². The molecule has 7 nitrogen and oxygen atoms in total. The number of nitrogens with zero attached hydrogens (tertiary/aromatic N) is 2. The Kier molecular flexibility index (Phi) is 7.17. The number of benzene rings is 2. The Hall–Kier alpha value is -0.770. The highest BCUT2D eigenvalue weighted by Crippen LogP contribution is 2.50. The molecule has 0 aliphatic heterocycles. The average molecular weight is 722 g/mol. The Labute approximate surface area is 196 Å². The van der Waals surface area contributed by atoms with Crippen LogP contribution in [0.15, 0.2) is 34.5 Å². The van der Waals surface area contributed by atoms with E-state index in [0.29, 0.717) is 19.5 Å². The van der Waals surface area contributed by atoms with Gasteiger partial charge in [-0.2, -0.15) is 13.2 Å². The minimum Gasteiger partial charge on any atom is -0.347 e. The van der Waals surface area contributed by atoms with Gasteiger partial charge in [0.1, 0.15) is 5.69 Å². The fraction of sp³-hybridized carbons (Fsp3) is 0.0769. The van der Waals surface area contributed by atoms with Gasteiger partial charge in [-0.15, -0.1) is 0 Å². The Bertz CT molecular complexity index is 987. The van der Waals surface area contributed by atoms with Crippen LogP contribution in [0.4, 0.5) is 35.9 Å². The molecule has 0 bridgehead atoms. The average Bonchev–Trinajstić information content (AvgIpc) is 2.60. The zero-order valence-corrected chi connectivity index (χ0v) is 20.6. The normalized spacial score (nSPS) is 11.4. The van der Waals surface area contributed by atoms with Crippen molar-refractivity contribution in [1.82, 2.24) is 0 Å². The number of nitro groups is 2. The Balaban J connectivity index is 2.87. The molecule has 2 aromatic carbocycles. The van der Waals surface area contributed by atoms with Gasteiger partial charge < -0.3 is 5.32 Å². The van der Waals surface area contributed by atoms with Gasteiger partial charge >= 0.3 is 6.18 Å². The van der Waals surface area contributed by atoms with Crippen LogP contribution in [-0.4, -0.2) is 9.85 Å².